The van der Waals surface area contributed by atoms with Crippen molar-refractivity contribution in [1.82, 2.24) is 10.2 Å². The number of hydrogen-bond acceptors (Lipinski definition) is 2. The number of nitrogens with one attached hydrogen (secondary N) is 1. The van der Waals surface area contributed by atoms with Gasteiger partial charge in [0.25, 0.3) is 0 Å². The highest BCUT2D eigenvalue weighted by Gasteiger charge is 2.17. The number of hydrogen-bond donors (Lipinski definition) is 2. The quantitative estimate of drug-likeness (QED) is 0.889. The first kappa shape index (κ1) is 13.3. The molecule has 0 aliphatic carbocycles. The van der Waals surface area contributed by atoms with Gasteiger partial charge in [-0.15, -0.1) is 0 Å². The zero-order valence-corrected chi connectivity index (χ0v) is 11.7. The summed E-state index contributed by atoms with van der Waals surface area (Å²) in [5.74, 6) is -0.845. The molecule has 0 amide bonds. The fourth-order valence-electron chi connectivity index (χ4n) is 2.42. The Morgan fingerprint density at radius 2 is 1.79 bits per heavy atom. The average Bonchev–Trinajstić information content (AvgIpc) is 2.74. The smallest absolute Gasteiger partial charge is 0.307 e. The van der Waals surface area contributed by atoms with E-state index in [2.05, 4.69) is 44.0 Å². The number of aromatic nitrogens is 2. The maximum atomic E-state index is 10.9. The average molecular weight is 258 g/mol. The minimum Gasteiger partial charge on any atom is -0.481 e. The molecule has 1 heterocycles. The van der Waals surface area contributed by atoms with Crippen LogP contribution in [0.2, 0.25) is 0 Å². The molecule has 0 aliphatic heterocycles. The molecule has 19 heavy (non-hydrogen) atoms. The third kappa shape index (κ3) is 2.38. The molecule has 0 aliphatic rings. The van der Waals surface area contributed by atoms with E-state index in [9.17, 15) is 4.79 Å². The molecular formula is C15H18N2O2. The molecule has 100 valence electrons. The van der Waals surface area contributed by atoms with E-state index in [-0.39, 0.29) is 6.42 Å². The van der Waals surface area contributed by atoms with E-state index in [0.717, 1.165) is 16.8 Å². The summed E-state index contributed by atoms with van der Waals surface area (Å²) in [7, 11) is 0. The molecule has 0 saturated heterocycles. The van der Waals surface area contributed by atoms with Crippen molar-refractivity contribution in [3.63, 3.8) is 0 Å². The van der Waals surface area contributed by atoms with Crippen molar-refractivity contribution in [2.24, 2.45) is 0 Å². The molecule has 2 rings (SSSR count). The van der Waals surface area contributed by atoms with Gasteiger partial charge >= 0.3 is 5.97 Å². The number of nitrogens with zero attached hydrogens (tertiary/aromatic N) is 1. The van der Waals surface area contributed by atoms with Crippen molar-refractivity contribution < 1.29 is 9.90 Å². The largest absolute Gasteiger partial charge is 0.481 e. The van der Waals surface area contributed by atoms with Gasteiger partial charge in [-0.25, -0.2) is 0 Å². The van der Waals surface area contributed by atoms with Crippen molar-refractivity contribution in [1.29, 1.82) is 0 Å². The van der Waals surface area contributed by atoms with Gasteiger partial charge in [0.2, 0.25) is 0 Å². The molecule has 4 heteroatoms. The molecule has 0 atom stereocenters. The van der Waals surface area contributed by atoms with E-state index in [1.165, 1.54) is 22.3 Å². The number of benzene rings is 1. The Kier molecular flexibility index (Phi) is 3.42. The number of carboxylic acids is 1. The first-order valence-electron chi connectivity index (χ1n) is 6.23. The minimum absolute atomic E-state index is 0.0162. The van der Waals surface area contributed by atoms with Gasteiger partial charge in [0.05, 0.1) is 18.3 Å². The van der Waals surface area contributed by atoms with E-state index in [1.807, 2.05) is 0 Å². The predicted molar refractivity (Wildman–Crippen MR) is 74.3 cm³/mol. The van der Waals surface area contributed by atoms with Crippen molar-refractivity contribution in [3.8, 4) is 11.3 Å². The molecule has 0 fully saturated rings. The van der Waals surface area contributed by atoms with Crippen LogP contribution in [0, 0.1) is 27.7 Å². The molecule has 1 aromatic heterocycles. The minimum atomic E-state index is -0.845. The Bertz CT molecular complexity index is 616. The third-order valence-corrected chi connectivity index (χ3v) is 3.68. The van der Waals surface area contributed by atoms with Crippen LogP contribution in [0.5, 0.6) is 0 Å². The second kappa shape index (κ2) is 4.88. The fourth-order valence-corrected chi connectivity index (χ4v) is 2.42. The SMILES string of the molecule is Cc1cc(C)c(C)c(-c2[nH]ncc2CC(=O)O)c1C. The lowest BCUT2D eigenvalue weighted by Crippen LogP contribution is -2.02. The Morgan fingerprint density at radius 3 is 2.32 bits per heavy atom. The van der Waals surface area contributed by atoms with Crippen LogP contribution in [-0.4, -0.2) is 21.3 Å². The van der Waals surface area contributed by atoms with Crippen molar-refractivity contribution in [2.45, 2.75) is 34.1 Å². The van der Waals surface area contributed by atoms with Crippen LogP contribution >= 0.6 is 0 Å². The summed E-state index contributed by atoms with van der Waals surface area (Å²) >= 11 is 0. The highest BCUT2D eigenvalue weighted by atomic mass is 16.4. The second-order valence-corrected chi connectivity index (χ2v) is 4.98. The van der Waals surface area contributed by atoms with Gasteiger partial charge in [-0.05, 0) is 49.9 Å². The highest BCUT2D eigenvalue weighted by molar-refractivity contribution is 5.78. The van der Waals surface area contributed by atoms with E-state index >= 15 is 0 Å². The van der Waals surface area contributed by atoms with Gasteiger partial charge < -0.3 is 5.11 Å². The third-order valence-electron chi connectivity index (χ3n) is 3.68. The Balaban J connectivity index is 2.66. The molecule has 0 saturated carbocycles. The lowest BCUT2D eigenvalue weighted by molar-refractivity contribution is -0.136. The van der Waals surface area contributed by atoms with Gasteiger partial charge in [-0.2, -0.15) is 5.10 Å². The molecular weight excluding hydrogens is 240 g/mol. The van der Waals surface area contributed by atoms with Crippen LogP contribution in [0.3, 0.4) is 0 Å². The molecule has 0 spiro atoms. The zero-order valence-electron chi connectivity index (χ0n) is 11.7. The number of aliphatic carboxylic acids is 1. The first-order chi connectivity index (χ1) is 8.91. The summed E-state index contributed by atoms with van der Waals surface area (Å²) in [6, 6.07) is 2.15. The van der Waals surface area contributed by atoms with Crippen molar-refractivity contribution >= 4 is 5.97 Å². The van der Waals surface area contributed by atoms with Gasteiger partial charge in [0.15, 0.2) is 0 Å². The van der Waals surface area contributed by atoms with Crippen LogP contribution in [0.15, 0.2) is 12.3 Å². The lowest BCUT2D eigenvalue weighted by Gasteiger charge is -2.15. The van der Waals surface area contributed by atoms with Gasteiger partial charge in [0, 0.05) is 11.1 Å². The normalized spacial score (nSPS) is 10.7. The van der Waals surface area contributed by atoms with E-state index in [1.54, 1.807) is 6.20 Å². The Morgan fingerprint density at radius 1 is 1.21 bits per heavy atom. The lowest BCUT2D eigenvalue weighted by atomic mass is 9.90. The standard InChI is InChI=1S/C15H18N2O2/c1-8-5-9(2)11(4)14(10(8)3)15-12(6-13(18)19)7-16-17-15/h5,7H,6H2,1-4H3,(H,16,17)(H,18,19). The molecule has 0 unspecified atom stereocenters. The first-order valence-corrected chi connectivity index (χ1v) is 6.23. The predicted octanol–water partition coefficient (Wildman–Crippen LogP) is 2.94. The molecule has 2 N–H and O–H groups in total. The number of rotatable bonds is 3. The van der Waals surface area contributed by atoms with Crippen molar-refractivity contribution in [3.05, 3.63) is 40.1 Å². The molecule has 1 aromatic carbocycles. The van der Waals surface area contributed by atoms with Crippen LogP contribution < -0.4 is 0 Å². The summed E-state index contributed by atoms with van der Waals surface area (Å²) in [5, 5.41) is 15.9. The zero-order chi connectivity index (χ0) is 14.2. The Hall–Kier alpha value is -2.10. The number of carboxylic acid groups (broad SMARTS) is 1. The fraction of sp³-hybridized carbons (Fsp3) is 0.333. The number of carbonyl (C=O) groups is 1. The molecule has 0 radical (unpaired) electrons. The maximum absolute atomic E-state index is 10.9. The molecule has 4 nitrogen and oxygen atoms in total. The van der Waals surface area contributed by atoms with Crippen LogP contribution in [0.1, 0.15) is 27.8 Å². The van der Waals surface area contributed by atoms with Crippen molar-refractivity contribution in [2.75, 3.05) is 0 Å². The van der Waals surface area contributed by atoms with Crippen LogP contribution in [0.25, 0.3) is 11.3 Å². The number of aromatic amines is 1. The number of H-pyrrole nitrogens is 1. The van der Waals surface area contributed by atoms with E-state index < -0.39 is 5.97 Å². The topological polar surface area (TPSA) is 66.0 Å². The van der Waals surface area contributed by atoms with Gasteiger partial charge in [-0.1, -0.05) is 6.07 Å². The second-order valence-electron chi connectivity index (χ2n) is 4.98. The highest BCUT2D eigenvalue weighted by Crippen LogP contribution is 2.32. The summed E-state index contributed by atoms with van der Waals surface area (Å²) in [5.41, 5.74) is 7.36. The van der Waals surface area contributed by atoms with E-state index in [0.29, 0.717) is 0 Å². The van der Waals surface area contributed by atoms with Crippen LogP contribution in [0.4, 0.5) is 0 Å². The summed E-state index contributed by atoms with van der Waals surface area (Å²) in [6.45, 7) is 8.25. The molecule has 0 bridgehead atoms. The monoisotopic (exact) mass is 258 g/mol. The van der Waals surface area contributed by atoms with E-state index in [4.69, 9.17) is 5.11 Å². The number of aryl methyl sites for hydroxylation is 2. The Labute approximate surface area is 112 Å². The maximum Gasteiger partial charge on any atom is 0.307 e. The summed E-state index contributed by atoms with van der Waals surface area (Å²) in [6.07, 6.45) is 1.58. The van der Waals surface area contributed by atoms with Crippen LogP contribution in [-0.2, 0) is 11.2 Å². The summed E-state index contributed by atoms with van der Waals surface area (Å²) < 4.78 is 0. The summed E-state index contributed by atoms with van der Waals surface area (Å²) in [4.78, 5) is 10.9. The van der Waals surface area contributed by atoms with Gasteiger partial charge in [-0.3, -0.25) is 9.89 Å². The van der Waals surface area contributed by atoms with Gasteiger partial charge in [0.1, 0.15) is 0 Å². The molecule has 2 aromatic rings.